The maximum atomic E-state index is 5.71. The maximum Gasteiger partial charge on any atom is 0.228 e. The fraction of sp³-hybridized carbons (Fsp3) is 0.591. The van der Waals surface area contributed by atoms with Crippen molar-refractivity contribution in [3.63, 3.8) is 0 Å². The van der Waals surface area contributed by atoms with Crippen molar-refractivity contribution in [2.75, 3.05) is 32.8 Å². The molecule has 1 aromatic carbocycles. The number of nitrogens with one attached hydrogen (secondary N) is 2. The standard InChI is InChI=1S/C22H35N5O3.HI/c1-6-23-22(25-14-12-20-26-21(16(4)5)27-30-20)24-13-11-17-9-10-18(28-7-2)19(15-17)29-8-3;/h9-10,15-16H,6-8,11-14H2,1-5H3,(H2,23,24,25);1H. The summed E-state index contributed by atoms with van der Waals surface area (Å²) in [5.74, 6) is 3.97. The van der Waals surface area contributed by atoms with Gasteiger partial charge in [-0.3, -0.25) is 4.99 Å². The number of benzene rings is 1. The van der Waals surface area contributed by atoms with Gasteiger partial charge in [-0.2, -0.15) is 4.98 Å². The summed E-state index contributed by atoms with van der Waals surface area (Å²) in [6, 6.07) is 6.09. The lowest BCUT2D eigenvalue weighted by atomic mass is 10.1. The van der Waals surface area contributed by atoms with Crippen molar-refractivity contribution in [1.29, 1.82) is 0 Å². The molecule has 31 heavy (non-hydrogen) atoms. The Hall–Kier alpha value is -2.04. The van der Waals surface area contributed by atoms with Gasteiger partial charge in [0.25, 0.3) is 0 Å². The molecule has 9 heteroatoms. The second-order valence-electron chi connectivity index (χ2n) is 7.04. The summed E-state index contributed by atoms with van der Waals surface area (Å²) in [4.78, 5) is 8.99. The Kier molecular flexibility index (Phi) is 13.0. The minimum Gasteiger partial charge on any atom is -0.490 e. The Morgan fingerprint density at radius 1 is 1.06 bits per heavy atom. The lowest BCUT2D eigenvalue weighted by Crippen LogP contribution is -2.38. The molecule has 0 aliphatic heterocycles. The smallest absolute Gasteiger partial charge is 0.228 e. The van der Waals surface area contributed by atoms with Gasteiger partial charge in [-0.25, -0.2) is 0 Å². The van der Waals surface area contributed by atoms with E-state index in [9.17, 15) is 0 Å². The zero-order valence-electron chi connectivity index (χ0n) is 19.2. The molecule has 2 N–H and O–H groups in total. The highest BCUT2D eigenvalue weighted by atomic mass is 127. The quantitative estimate of drug-likeness (QED) is 0.237. The zero-order valence-corrected chi connectivity index (χ0v) is 21.6. The van der Waals surface area contributed by atoms with Crippen molar-refractivity contribution in [1.82, 2.24) is 20.8 Å². The van der Waals surface area contributed by atoms with E-state index in [0.717, 1.165) is 42.8 Å². The van der Waals surface area contributed by atoms with Crippen LogP contribution >= 0.6 is 24.0 Å². The molecule has 0 spiro atoms. The Morgan fingerprint density at radius 2 is 1.81 bits per heavy atom. The third-order valence-corrected chi connectivity index (χ3v) is 4.25. The topological polar surface area (TPSA) is 93.8 Å². The minimum absolute atomic E-state index is 0. The second-order valence-corrected chi connectivity index (χ2v) is 7.04. The first-order valence-electron chi connectivity index (χ1n) is 10.8. The lowest BCUT2D eigenvalue weighted by molar-refractivity contribution is 0.287. The average molecular weight is 545 g/mol. The molecule has 0 atom stereocenters. The molecule has 0 aliphatic carbocycles. The number of nitrogens with zero attached hydrogens (tertiary/aromatic N) is 3. The number of hydrogen-bond donors (Lipinski definition) is 2. The van der Waals surface area contributed by atoms with Crippen molar-refractivity contribution in [2.45, 2.75) is 53.4 Å². The van der Waals surface area contributed by atoms with Crippen LogP contribution in [0.1, 0.15) is 57.8 Å². The largest absolute Gasteiger partial charge is 0.490 e. The first-order valence-corrected chi connectivity index (χ1v) is 10.8. The molecule has 2 aromatic rings. The number of halogens is 1. The van der Waals surface area contributed by atoms with Gasteiger partial charge in [0.05, 0.1) is 19.8 Å². The predicted molar refractivity (Wildman–Crippen MR) is 134 cm³/mol. The van der Waals surface area contributed by atoms with E-state index in [1.807, 2.05) is 46.8 Å². The summed E-state index contributed by atoms with van der Waals surface area (Å²) in [7, 11) is 0. The average Bonchev–Trinajstić information content (AvgIpc) is 3.19. The van der Waals surface area contributed by atoms with Crippen LogP contribution in [-0.4, -0.2) is 48.9 Å². The third-order valence-electron chi connectivity index (χ3n) is 4.25. The molecule has 2 rings (SSSR count). The van der Waals surface area contributed by atoms with Crippen LogP contribution in [0.4, 0.5) is 0 Å². The van der Waals surface area contributed by atoms with Crippen molar-refractivity contribution in [2.24, 2.45) is 4.99 Å². The van der Waals surface area contributed by atoms with Gasteiger partial charge in [0.15, 0.2) is 23.3 Å². The van der Waals surface area contributed by atoms with Gasteiger partial charge in [-0.05, 0) is 44.9 Å². The van der Waals surface area contributed by atoms with Gasteiger partial charge in [0.1, 0.15) is 0 Å². The van der Waals surface area contributed by atoms with E-state index in [2.05, 4.69) is 31.8 Å². The van der Waals surface area contributed by atoms with Crippen molar-refractivity contribution >= 4 is 29.9 Å². The van der Waals surface area contributed by atoms with Crippen molar-refractivity contribution in [3.8, 4) is 11.5 Å². The maximum absolute atomic E-state index is 5.71. The highest BCUT2D eigenvalue weighted by molar-refractivity contribution is 14.0. The molecule has 0 saturated heterocycles. The van der Waals surface area contributed by atoms with Crippen LogP contribution in [-0.2, 0) is 12.8 Å². The number of aromatic nitrogens is 2. The van der Waals surface area contributed by atoms with Crippen LogP contribution in [0.3, 0.4) is 0 Å². The molecule has 0 aliphatic rings. The van der Waals surface area contributed by atoms with Gasteiger partial charge in [-0.1, -0.05) is 25.1 Å². The van der Waals surface area contributed by atoms with Crippen molar-refractivity contribution in [3.05, 3.63) is 35.5 Å². The van der Waals surface area contributed by atoms with Gasteiger partial charge < -0.3 is 24.6 Å². The van der Waals surface area contributed by atoms with E-state index in [-0.39, 0.29) is 29.9 Å². The van der Waals surface area contributed by atoms with E-state index in [1.54, 1.807) is 0 Å². The number of guanidine groups is 1. The molecule has 1 heterocycles. The fourth-order valence-corrected chi connectivity index (χ4v) is 2.79. The molecule has 0 amide bonds. The molecule has 0 saturated carbocycles. The molecular weight excluding hydrogens is 509 g/mol. The van der Waals surface area contributed by atoms with Gasteiger partial charge in [-0.15, -0.1) is 24.0 Å². The zero-order chi connectivity index (χ0) is 21.8. The molecule has 1 aromatic heterocycles. The summed E-state index contributed by atoms with van der Waals surface area (Å²) in [6.07, 6.45) is 1.46. The van der Waals surface area contributed by atoms with Gasteiger partial charge in [0, 0.05) is 25.4 Å². The molecule has 0 radical (unpaired) electrons. The van der Waals surface area contributed by atoms with Crippen LogP contribution in [0.15, 0.2) is 27.7 Å². The molecule has 0 unspecified atom stereocenters. The normalized spacial score (nSPS) is 11.2. The predicted octanol–water partition coefficient (Wildman–Crippen LogP) is 3.95. The van der Waals surface area contributed by atoms with E-state index < -0.39 is 0 Å². The summed E-state index contributed by atoms with van der Waals surface area (Å²) >= 11 is 0. The van der Waals surface area contributed by atoms with E-state index in [0.29, 0.717) is 32.1 Å². The Morgan fingerprint density at radius 3 is 2.45 bits per heavy atom. The molecule has 0 fully saturated rings. The molecular formula is C22H36IN5O3. The summed E-state index contributed by atoms with van der Waals surface area (Å²) in [5.41, 5.74) is 1.18. The monoisotopic (exact) mass is 545 g/mol. The number of hydrogen-bond acceptors (Lipinski definition) is 6. The van der Waals surface area contributed by atoms with Crippen LogP contribution < -0.4 is 20.1 Å². The number of rotatable bonds is 12. The van der Waals surface area contributed by atoms with Crippen LogP contribution in [0.2, 0.25) is 0 Å². The van der Waals surface area contributed by atoms with E-state index in [4.69, 9.17) is 14.0 Å². The van der Waals surface area contributed by atoms with E-state index in [1.165, 1.54) is 5.56 Å². The minimum atomic E-state index is 0. The van der Waals surface area contributed by atoms with Gasteiger partial charge in [0.2, 0.25) is 5.89 Å². The SMILES string of the molecule is CCNC(=NCCc1nc(C(C)C)no1)NCCc1ccc(OCC)c(OCC)c1.I. The van der Waals surface area contributed by atoms with Crippen LogP contribution in [0, 0.1) is 0 Å². The third kappa shape index (κ3) is 9.32. The molecule has 174 valence electrons. The summed E-state index contributed by atoms with van der Waals surface area (Å²) < 4.78 is 16.6. The van der Waals surface area contributed by atoms with Crippen molar-refractivity contribution < 1.29 is 14.0 Å². The Bertz CT molecular complexity index is 795. The van der Waals surface area contributed by atoms with E-state index >= 15 is 0 Å². The van der Waals surface area contributed by atoms with Crippen LogP contribution in [0.25, 0.3) is 0 Å². The number of ether oxygens (including phenoxy) is 2. The summed E-state index contributed by atoms with van der Waals surface area (Å²) in [6.45, 7) is 13.4. The highest BCUT2D eigenvalue weighted by Gasteiger charge is 2.09. The highest BCUT2D eigenvalue weighted by Crippen LogP contribution is 2.28. The number of aliphatic imine (C=N–C) groups is 1. The summed E-state index contributed by atoms with van der Waals surface area (Å²) in [5, 5.41) is 10.6. The first kappa shape index (κ1) is 27.0. The van der Waals surface area contributed by atoms with Crippen LogP contribution in [0.5, 0.6) is 11.5 Å². The first-order chi connectivity index (χ1) is 14.6. The Labute approximate surface area is 202 Å². The second kappa shape index (κ2) is 14.9. The van der Waals surface area contributed by atoms with Gasteiger partial charge >= 0.3 is 0 Å². The molecule has 0 bridgehead atoms. The lowest BCUT2D eigenvalue weighted by Gasteiger charge is -2.14. The fourth-order valence-electron chi connectivity index (χ4n) is 2.79. The Balaban J connectivity index is 0.00000480. The molecule has 8 nitrogen and oxygen atoms in total.